The number of primary amides is 1. The lowest BCUT2D eigenvalue weighted by molar-refractivity contribution is -0.119. The molecule has 13 heteroatoms. The van der Waals surface area contributed by atoms with Crippen LogP contribution in [0.5, 0.6) is 5.75 Å². The maximum absolute atomic E-state index is 14.9. The van der Waals surface area contributed by atoms with Crippen molar-refractivity contribution in [3.63, 3.8) is 0 Å². The molecule has 6 rings (SSSR count). The van der Waals surface area contributed by atoms with Crippen molar-refractivity contribution in [1.82, 2.24) is 14.5 Å². The van der Waals surface area contributed by atoms with E-state index >= 15 is 0 Å². The Morgan fingerprint density at radius 3 is 2.88 bits per heavy atom. The molecular weight excluding hydrogens is 544 g/mol. The molecule has 40 heavy (non-hydrogen) atoms. The number of aromatic nitrogens is 3. The Morgan fingerprint density at radius 1 is 1.32 bits per heavy atom. The standard InChI is InChI=1S/C27H30ClF2N7O3/c1-36-19-7-6-16(10-17(19)21-22(25(36)39)40-13-27(29,30)23(34-21)15-4-5-15)33-24-18(28)11-32-26(35-24)37-8-2-3-14(12-37)9-20(31)38/h6-7,10-11,14-15,23,34H,2-5,8-9,12-13H2,1H3,(H2,31,38)(H,32,33,35)/t14-,23+/m1/s1. The van der Waals surface area contributed by atoms with E-state index in [2.05, 4.69) is 20.6 Å². The minimum Gasteiger partial charge on any atom is -0.480 e. The van der Waals surface area contributed by atoms with Crippen molar-refractivity contribution in [1.29, 1.82) is 0 Å². The smallest absolute Gasteiger partial charge is 0.301 e. The van der Waals surface area contributed by atoms with E-state index < -0.39 is 24.1 Å². The summed E-state index contributed by atoms with van der Waals surface area (Å²) in [7, 11) is 1.58. The molecule has 3 aliphatic rings. The number of rotatable bonds is 6. The normalized spacial score (nSPS) is 22.1. The minimum atomic E-state index is -3.12. The summed E-state index contributed by atoms with van der Waals surface area (Å²) in [4.78, 5) is 35.5. The van der Waals surface area contributed by atoms with Crippen LogP contribution in [0.2, 0.25) is 5.02 Å². The summed E-state index contributed by atoms with van der Waals surface area (Å²) in [5, 5.41) is 7.06. The van der Waals surface area contributed by atoms with Crippen LogP contribution in [0.3, 0.4) is 0 Å². The maximum Gasteiger partial charge on any atom is 0.301 e. The number of carbonyl (C=O) groups excluding carboxylic acids is 1. The molecule has 2 fully saturated rings. The lowest BCUT2D eigenvalue weighted by Gasteiger charge is -2.32. The fourth-order valence-electron chi connectivity index (χ4n) is 5.72. The van der Waals surface area contributed by atoms with Crippen LogP contribution in [0.25, 0.3) is 10.9 Å². The molecule has 0 spiro atoms. The van der Waals surface area contributed by atoms with E-state index in [1.165, 1.54) is 10.8 Å². The number of ether oxygens (including phenoxy) is 1. The number of halogens is 3. The number of anilines is 4. The zero-order valence-electron chi connectivity index (χ0n) is 21.9. The molecule has 2 aliphatic heterocycles. The van der Waals surface area contributed by atoms with Crippen LogP contribution in [0.4, 0.5) is 31.9 Å². The zero-order chi connectivity index (χ0) is 28.2. The van der Waals surface area contributed by atoms with Crippen molar-refractivity contribution >= 4 is 51.6 Å². The van der Waals surface area contributed by atoms with Crippen molar-refractivity contribution < 1.29 is 18.3 Å². The summed E-state index contributed by atoms with van der Waals surface area (Å²) in [5.41, 5.74) is 6.33. The van der Waals surface area contributed by atoms with Crippen LogP contribution in [-0.4, -0.2) is 52.1 Å². The molecule has 2 aromatic heterocycles. The highest BCUT2D eigenvalue weighted by atomic mass is 35.5. The number of pyridine rings is 1. The van der Waals surface area contributed by atoms with E-state index in [4.69, 9.17) is 22.1 Å². The Labute approximate surface area is 233 Å². The number of nitrogens with zero attached hydrogens (tertiary/aromatic N) is 4. The van der Waals surface area contributed by atoms with Crippen LogP contribution in [0.15, 0.2) is 29.2 Å². The highest BCUT2D eigenvalue weighted by Gasteiger charge is 2.51. The fraction of sp³-hybridized carbons (Fsp3) is 0.481. The molecule has 212 valence electrons. The summed E-state index contributed by atoms with van der Waals surface area (Å²) >= 11 is 6.45. The van der Waals surface area contributed by atoms with Gasteiger partial charge in [-0.15, -0.1) is 0 Å². The Morgan fingerprint density at radius 2 is 2.12 bits per heavy atom. The molecule has 1 saturated carbocycles. The van der Waals surface area contributed by atoms with E-state index in [0.717, 1.165) is 19.4 Å². The largest absolute Gasteiger partial charge is 0.480 e. The molecule has 2 atom stereocenters. The van der Waals surface area contributed by atoms with E-state index in [0.29, 0.717) is 59.2 Å². The van der Waals surface area contributed by atoms with Crippen molar-refractivity contribution in [3.8, 4) is 5.75 Å². The lowest BCUT2D eigenvalue weighted by Crippen LogP contribution is -2.44. The van der Waals surface area contributed by atoms with Crippen molar-refractivity contribution in [2.75, 3.05) is 35.2 Å². The Kier molecular flexibility index (Phi) is 6.68. The first kappa shape index (κ1) is 26.5. The average molecular weight is 574 g/mol. The van der Waals surface area contributed by atoms with Gasteiger partial charge in [-0.25, -0.2) is 13.8 Å². The van der Waals surface area contributed by atoms with Gasteiger partial charge in [0.2, 0.25) is 17.6 Å². The number of hydrogen-bond donors (Lipinski definition) is 3. The number of benzene rings is 1. The van der Waals surface area contributed by atoms with Crippen LogP contribution in [0, 0.1) is 11.8 Å². The SMILES string of the molecule is Cn1c(=O)c2c(c3cc(Nc4nc(N5CCC[C@H](CC(N)=O)C5)ncc4Cl)ccc31)N[C@@H](C1CC1)C(F)(F)CO2. The predicted octanol–water partition coefficient (Wildman–Crippen LogP) is 4.04. The molecule has 10 nitrogen and oxygen atoms in total. The van der Waals surface area contributed by atoms with Crippen LogP contribution in [-0.2, 0) is 11.8 Å². The first-order valence-corrected chi connectivity index (χ1v) is 13.7. The molecule has 1 aliphatic carbocycles. The van der Waals surface area contributed by atoms with Crippen LogP contribution < -0.4 is 31.6 Å². The number of nitrogens with one attached hydrogen (secondary N) is 2. The van der Waals surface area contributed by atoms with Crippen molar-refractivity contribution in [2.24, 2.45) is 24.6 Å². The summed E-state index contributed by atoms with van der Waals surface area (Å²) in [5.74, 6) is -2.78. The quantitative estimate of drug-likeness (QED) is 0.403. The molecule has 0 unspecified atom stereocenters. The number of fused-ring (bicyclic) bond motifs is 3. The maximum atomic E-state index is 14.9. The molecular formula is C27H30ClF2N7O3. The zero-order valence-corrected chi connectivity index (χ0v) is 22.7. The number of hydrogen-bond acceptors (Lipinski definition) is 8. The second kappa shape index (κ2) is 10.1. The second-order valence-electron chi connectivity index (χ2n) is 10.9. The number of aryl methyl sites for hydroxylation is 1. The average Bonchev–Trinajstić information content (AvgIpc) is 3.76. The first-order chi connectivity index (χ1) is 19.1. The Balaban J connectivity index is 1.34. The molecule has 3 aromatic rings. The van der Waals surface area contributed by atoms with Gasteiger partial charge in [0.15, 0.2) is 12.4 Å². The fourth-order valence-corrected chi connectivity index (χ4v) is 5.86. The van der Waals surface area contributed by atoms with Gasteiger partial charge in [-0.2, -0.15) is 4.98 Å². The monoisotopic (exact) mass is 573 g/mol. The molecule has 0 radical (unpaired) electrons. The molecule has 1 saturated heterocycles. The topological polar surface area (TPSA) is 127 Å². The number of piperidine rings is 1. The van der Waals surface area contributed by atoms with Crippen LogP contribution >= 0.6 is 11.6 Å². The number of amides is 1. The molecule has 4 N–H and O–H groups in total. The summed E-state index contributed by atoms with van der Waals surface area (Å²) in [6.07, 6.45) is 5.02. The molecule has 0 bridgehead atoms. The second-order valence-corrected chi connectivity index (χ2v) is 11.3. The third-order valence-electron chi connectivity index (χ3n) is 7.90. The van der Waals surface area contributed by atoms with Crippen LogP contribution in [0.1, 0.15) is 32.1 Å². The van der Waals surface area contributed by atoms with E-state index in [9.17, 15) is 18.4 Å². The number of alkyl halides is 2. The summed E-state index contributed by atoms with van der Waals surface area (Å²) < 4.78 is 36.7. The molecule has 1 amide bonds. The van der Waals surface area contributed by atoms with Gasteiger partial charge in [0.25, 0.3) is 5.56 Å². The van der Waals surface area contributed by atoms with Gasteiger partial charge in [0.05, 0.1) is 23.4 Å². The molecule has 4 heterocycles. The van der Waals surface area contributed by atoms with Crippen molar-refractivity contribution in [2.45, 2.75) is 44.1 Å². The number of carbonyl (C=O) groups is 1. The Bertz CT molecular complexity index is 1540. The molecule has 1 aromatic carbocycles. The van der Waals surface area contributed by atoms with Gasteiger partial charge in [-0.1, -0.05) is 11.6 Å². The van der Waals surface area contributed by atoms with Gasteiger partial charge in [0, 0.05) is 37.6 Å². The van der Waals surface area contributed by atoms with E-state index in [1.807, 2.05) is 4.90 Å². The van der Waals surface area contributed by atoms with Crippen molar-refractivity contribution in [3.05, 3.63) is 39.8 Å². The highest BCUT2D eigenvalue weighted by Crippen LogP contribution is 2.45. The van der Waals surface area contributed by atoms with Gasteiger partial charge >= 0.3 is 5.92 Å². The van der Waals surface area contributed by atoms with Gasteiger partial charge < -0.3 is 30.6 Å². The Hall–Kier alpha value is -3.67. The first-order valence-electron chi connectivity index (χ1n) is 13.4. The van der Waals surface area contributed by atoms with E-state index in [-0.39, 0.29) is 29.2 Å². The van der Waals surface area contributed by atoms with E-state index in [1.54, 1.807) is 25.2 Å². The highest BCUT2D eigenvalue weighted by molar-refractivity contribution is 6.33. The lowest BCUT2D eigenvalue weighted by atomic mass is 9.95. The third kappa shape index (κ3) is 5.00. The predicted molar refractivity (Wildman–Crippen MR) is 149 cm³/mol. The van der Waals surface area contributed by atoms with Gasteiger partial charge in [-0.05, 0) is 55.7 Å². The third-order valence-corrected chi connectivity index (χ3v) is 8.17. The number of nitrogens with two attached hydrogens (primary N) is 1. The van der Waals surface area contributed by atoms with Gasteiger partial charge in [0.1, 0.15) is 5.02 Å². The van der Waals surface area contributed by atoms with Gasteiger partial charge in [-0.3, -0.25) is 9.59 Å². The summed E-state index contributed by atoms with van der Waals surface area (Å²) in [6, 6.07) is 4.15. The minimum absolute atomic E-state index is 0.118. The summed E-state index contributed by atoms with van der Waals surface area (Å²) in [6.45, 7) is 0.493.